The van der Waals surface area contributed by atoms with Gasteiger partial charge in [0, 0.05) is 13.0 Å². The smallest absolute Gasteiger partial charge is 0.326 e. The van der Waals surface area contributed by atoms with Crippen LogP contribution in [0.1, 0.15) is 26.2 Å². The highest BCUT2D eigenvalue weighted by molar-refractivity contribution is 5.87. The maximum Gasteiger partial charge on any atom is 0.326 e. The van der Waals surface area contributed by atoms with Crippen LogP contribution in [-0.4, -0.2) is 49.2 Å². The van der Waals surface area contributed by atoms with Crippen molar-refractivity contribution < 1.29 is 24.2 Å². The second-order valence-electron chi connectivity index (χ2n) is 4.97. The minimum Gasteiger partial charge on any atom is -0.480 e. The van der Waals surface area contributed by atoms with E-state index in [1.807, 2.05) is 0 Å². The predicted molar refractivity (Wildman–Crippen MR) is 66.4 cm³/mol. The van der Waals surface area contributed by atoms with E-state index in [-0.39, 0.29) is 18.7 Å². The van der Waals surface area contributed by atoms with Crippen LogP contribution in [0.5, 0.6) is 0 Å². The van der Waals surface area contributed by atoms with E-state index in [2.05, 4.69) is 15.4 Å². The van der Waals surface area contributed by atoms with Gasteiger partial charge in [0.25, 0.3) is 0 Å². The van der Waals surface area contributed by atoms with E-state index >= 15 is 0 Å². The number of carboxylic acids is 1. The number of amides is 1. The lowest BCUT2D eigenvalue weighted by atomic mass is 9.88. The monoisotopic (exact) mass is 272 g/mol. The number of hydrogen-bond acceptors (Lipinski definition) is 5. The topological polar surface area (TPSA) is 105 Å². The molecule has 7 heteroatoms. The van der Waals surface area contributed by atoms with Crippen LogP contribution in [0.3, 0.4) is 0 Å². The lowest BCUT2D eigenvalue weighted by molar-refractivity contribution is -0.145. The standard InChI is InChI=1S/C12H20N2O5/c1-12(5-6-13-7-12)11(18)14-8(10(16)17)3-4-9(15)19-2/h8,13H,3-7H2,1-2H3,(H,14,18)(H,16,17). The molecule has 0 saturated carbocycles. The summed E-state index contributed by atoms with van der Waals surface area (Å²) >= 11 is 0. The van der Waals surface area contributed by atoms with Crippen LogP contribution in [0.15, 0.2) is 0 Å². The summed E-state index contributed by atoms with van der Waals surface area (Å²) in [5.74, 6) is -1.93. The fraction of sp³-hybridized carbons (Fsp3) is 0.750. The first-order valence-corrected chi connectivity index (χ1v) is 6.20. The molecule has 2 unspecified atom stereocenters. The Morgan fingerprint density at radius 1 is 1.47 bits per heavy atom. The molecular weight excluding hydrogens is 252 g/mol. The molecule has 0 aliphatic carbocycles. The van der Waals surface area contributed by atoms with Gasteiger partial charge in [-0.05, 0) is 26.3 Å². The maximum absolute atomic E-state index is 12.1. The van der Waals surface area contributed by atoms with E-state index in [9.17, 15) is 14.4 Å². The van der Waals surface area contributed by atoms with Crippen molar-refractivity contribution >= 4 is 17.8 Å². The van der Waals surface area contributed by atoms with Crippen LogP contribution in [0, 0.1) is 5.41 Å². The van der Waals surface area contributed by atoms with Gasteiger partial charge in [0.15, 0.2) is 0 Å². The maximum atomic E-state index is 12.1. The average molecular weight is 272 g/mol. The molecule has 0 bridgehead atoms. The Morgan fingerprint density at radius 2 is 2.16 bits per heavy atom. The van der Waals surface area contributed by atoms with Crippen molar-refractivity contribution in [3.05, 3.63) is 0 Å². The Hall–Kier alpha value is -1.63. The van der Waals surface area contributed by atoms with Crippen molar-refractivity contribution in [2.75, 3.05) is 20.2 Å². The quantitative estimate of drug-likeness (QED) is 0.563. The lowest BCUT2D eigenvalue weighted by Gasteiger charge is -2.24. The largest absolute Gasteiger partial charge is 0.480 e. The van der Waals surface area contributed by atoms with Gasteiger partial charge in [-0.2, -0.15) is 0 Å². The summed E-state index contributed by atoms with van der Waals surface area (Å²) < 4.78 is 4.45. The molecule has 1 aliphatic heterocycles. The van der Waals surface area contributed by atoms with E-state index < -0.39 is 23.4 Å². The van der Waals surface area contributed by atoms with E-state index in [1.54, 1.807) is 6.92 Å². The van der Waals surface area contributed by atoms with Crippen LogP contribution < -0.4 is 10.6 Å². The SMILES string of the molecule is COC(=O)CCC(NC(=O)C1(C)CCNC1)C(=O)O. The highest BCUT2D eigenvalue weighted by Gasteiger charge is 2.38. The first-order chi connectivity index (χ1) is 8.89. The van der Waals surface area contributed by atoms with Gasteiger partial charge in [0.2, 0.25) is 5.91 Å². The molecule has 3 N–H and O–H groups in total. The van der Waals surface area contributed by atoms with Crippen LogP contribution in [-0.2, 0) is 19.1 Å². The zero-order chi connectivity index (χ0) is 14.5. The van der Waals surface area contributed by atoms with Crippen molar-refractivity contribution in [1.29, 1.82) is 0 Å². The van der Waals surface area contributed by atoms with Crippen molar-refractivity contribution in [2.24, 2.45) is 5.41 Å². The highest BCUT2D eigenvalue weighted by atomic mass is 16.5. The molecule has 1 saturated heterocycles. The van der Waals surface area contributed by atoms with Gasteiger partial charge < -0.3 is 20.5 Å². The fourth-order valence-corrected chi connectivity index (χ4v) is 1.96. The summed E-state index contributed by atoms with van der Waals surface area (Å²) in [5, 5.41) is 14.6. The molecule has 0 aromatic heterocycles. The van der Waals surface area contributed by atoms with Crippen LogP contribution >= 0.6 is 0 Å². The highest BCUT2D eigenvalue weighted by Crippen LogP contribution is 2.24. The van der Waals surface area contributed by atoms with E-state index in [0.29, 0.717) is 13.0 Å². The number of carbonyl (C=O) groups excluding carboxylic acids is 2. The Kier molecular flexibility index (Phi) is 5.29. The van der Waals surface area contributed by atoms with Gasteiger partial charge in [0.05, 0.1) is 12.5 Å². The Bertz CT molecular complexity index is 363. The van der Waals surface area contributed by atoms with Crippen LogP contribution in [0.2, 0.25) is 0 Å². The van der Waals surface area contributed by atoms with Gasteiger partial charge >= 0.3 is 11.9 Å². The fourth-order valence-electron chi connectivity index (χ4n) is 1.96. The molecule has 7 nitrogen and oxygen atoms in total. The van der Waals surface area contributed by atoms with E-state index in [0.717, 1.165) is 6.54 Å². The summed E-state index contributed by atoms with van der Waals surface area (Å²) in [4.78, 5) is 34.1. The predicted octanol–water partition coefficient (Wildman–Crippen LogP) is -0.491. The van der Waals surface area contributed by atoms with Gasteiger partial charge in [0.1, 0.15) is 6.04 Å². The first-order valence-electron chi connectivity index (χ1n) is 6.20. The number of aliphatic carboxylic acids is 1. The summed E-state index contributed by atoms with van der Waals surface area (Å²) in [6, 6.07) is -1.07. The third kappa shape index (κ3) is 4.20. The molecule has 0 aromatic rings. The van der Waals surface area contributed by atoms with Crippen molar-refractivity contribution in [2.45, 2.75) is 32.2 Å². The number of ether oxygens (including phenoxy) is 1. The molecule has 0 radical (unpaired) electrons. The summed E-state index contributed by atoms with van der Waals surface area (Å²) in [6.07, 6.45) is 0.655. The first kappa shape index (κ1) is 15.4. The number of hydrogen-bond donors (Lipinski definition) is 3. The number of carboxylic acid groups (broad SMARTS) is 1. The summed E-state index contributed by atoms with van der Waals surface area (Å²) in [6.45, 7) is 3.06. The van der Waals surface area contributed by atoms with Gasteiger partial charge in [-0.1, -0.05) is 0 Å². The zero-order valence-corrected chi connectivity index (χ0v) is 11.2. The number of methoxy groups -OCH3 is 1. The lowest BCUT2D eigenvalue weighted by Crippen LogP contribution is -2.48. The van der Waals surface area contributed by atoms with Crippen molar-refractivity contribution in [3.8, 4) is 0 Å². The van der Waals surface area contributed by atoms with Crippen molar-refractivity contribution in [3.63, 3.8) is 0 Å². The molecule has 1 amide bonds. The Morgan fingerprint density at radius 3 is 2.63 bits per heavy atom. The van der Waals surface area contributed by atoms with Crippen LogP contribution in [0.25, 0.3) is 0 Å². The number of esters is 1. The molecule has 1 heterocycles. The Labute approximate surface area is 111 Å². The molecule has 108 valence electrons. The van der Waals surface area contributed by atoms with Gasteiger partial charge in [-0.15, -0.1) is 0 Å². The minimum absolute atomic E-state index is 0.0251. The molecule has 1 aliphatic rings. The molecule has 0 aromatic carbocycles. The van der Waals surface area contributed by atoms with Gasteiger partial charge in [-0.25, -0.2) is 4.79 Å². The molecule has 1 fully saturated rings. The Balaban J connectivity index is 2.55. The minimum atomic E-state index is -1.15. The third-order valence-corrected chi connectivity index (χ3v) is 3.39. The second kappa shape index (κ2) is 6.51. The zero-order valence-electron chi connectivity index (χ0n) is 11.2. The third-order valence-electron chi connectivity index (χ3n) is 3.39. The molecule has 19 heavy (non-hydrogen) atoms. The molecular formula is C12H20N2O5. The number of nitrogens with one attached hydrogen (secondary N) is 2. The van der Waals surface area contributed by atoms with Crippen LogP contribution in [0.4, 0.5) is 0 Å². The average Bonchev–Trinajstić information content (AvgIpc) is 2.81. The number of rotatable bonds is 6. The van der Waals surface area contributed by atoms with Gasteiger partial charge in [-0.3, -0.25) is 9.59 Å². The van der Waals surface area contributed by atoms with E-state index in [4.69, 9.17) is 5.11 Å². The van der Waals surface area contributed by atoms with E-state index in [1.165, 1.54) is 7.11 Å². The summed E-state index contributed by atoms with van der Waals surface area (Å²) in [5.41, 5.74) is -0.584. The number of carbonyl (C=O) groups is 3. The summed E-state index contributed by atoms with van der Waals surface area (Å²) in [7, 11) is 1.24. The normalized spacial score (nSPS) is 23.7. The molecule has 0 spiro atoms. The van der Waals surface area contributed by atoms with Crippen molar-refractivity contribution in [1.82, 2.24) is 10.6 Å². The molecule has 1 rings (SSSR count). The molecule has 2 atom stereocenters. The second-order valence-corrected chi connectivity index (χ2v) is 4.97.